The van der Waals surface area contributed by atoms with E-state index in [0.717, 1.165) is 11.1 Å². The van der Waals surface area contributed by atoms with Crippen molar-refractivity contribution in [2.75, 3.05) is 7.11 Å². The summed E-state index contributed by atoms with van der Waals surface area (Å²) in [7, 11) is 1.43. The maximum absolute atomic E-state index is 14.0. The molecule has 0 aliphatic rings. The molecule has 0 aliphatic carbocycles. The quantitative estimate of drug-likeness (QED) is 0.292. The Kier molecular flexibility index (Phi) is 6.06. The summed E-state index contributed by atoms with van der Waals surface area (Å²) in [6.07, 6.45) is 0. The lowest BCUT2D eigenvalue weighted by atomic mass is 10.2. The smallest absolute Gasteiger partial charge is 0.262 e. The van der Waals surface area contributed by atoms with Gasteiger partial charge >= 0.3 is 0 Å². The predicted molar refractivity (Wildman–Crippen MR) is 119 cm³/mol. The molecule has 0 radical (unpaired) electrons. The van der Waals surface area contributed by atoms with Gasteiger partial charge in [0.25, 0.3) is 5.56 Å². The lowest BCUT2D eigenvalue weighted by Gasteiger charge is -2.13. The van der Waals surface area contributed by atoms with E-state index in [4.69, 9.17) is 21.3 Å². The highest BCUT2D eigenvalue weighted by Gasteiger charge is 2.13. The number of hydrogen-bond donors (Lipinski definition) is 0. The predicted octanol–water partition coefficient (Wildman–Crippen LogP) is 5.54. The van der Waals surface area contributed by atoms with E-state index in [1.54, 1.807) is 34.9 Å². The second-order valence-electron chi connectivity index (χ2n) is 6.69. The number of halogens is 2. The van der Waals surface area contributed by atoms with Crippen molar-refractivity contribution in [3.05, 3.63) is 99.1 Å². The maximum Gasteiger partial charge on any atom is 0.262 e. The van der Waals surface area contributed by atoms with Gasteiger partial charge in [-0.15, -0.1) is 0 Å². The van der Waals surface area contributed by atoms with Gasteiger partial charge in [-0.3, -0.25) is 9.36 Å². The molecule has 1 aromatic heterocycles. The summed E-state index contributed by atoms with van der Waals surface area (Å²) in [6.45, 7) is 0.368. The highest BCUT2D eigenvalue weighted by Crippen LogP contribution is 2.26. The van der Waals surface area contributed by atoms with E-state index in [1.807, 2.05) is 30.3 Å². The maximum atomic E-state index is 14.0. The first-order valence-electron chi connectivity index (χ1n) is 9.24. The van der Waals surface area contributed by atoms with Gasteiger partial charge in [0.2, 0.25) is 0 Å². The third-order valence-corrected chi connectivity index (χ3v) is 5.96. The second-order valence-corrected chi connectivity index (χ2v) is 8.07. The minimum atomic E-state index is -0.416. The van der Waals surface area contributed by atoms with Crippen LogP contribution in [0.1, 0.15) is 11.1 Å². The van der Waals surface area contributed by atoms with Gasteiger partial charge in [0.15, 0.2) is 16.7 Å². The number of benzene rings is 3. The van der Waals surface area contributed by atoms with Gasteiger partial charge in [0.1, 0.15) is 0 Å². The molecule has 0 aliphatic heterocycles. The van der Waals surface area contributed by atoms with E-state index < -0.39 is 5.82 Å². The highest BCUT2D eigenvalue weighted by atomic mass is 35.5. The van der Waals surface area contributed by atoms with E-state index in [9.17, 15) is 9.18 Å². The molecule has 0 amide bonds. The molecule has 152 valence electrons. The van der Waals surface area contributed by atoms with Crippen molar-refractivity contribution < 1.29 is 9.13 Å². The van der Waals surface area contributed by atoms with E-state index >= 15 is 0 Å². The van der Waals surface area contributed by atoms with Crippen LogP contribution in [0.15, 0.2) is 76.7 Å². The first-order chi connectivity index (χ1) is 14.5. The van der Waals surface area contributed by atoms with Gasteiger partial charge in [-0.1, -0.05) is 53.7 Å². The van der Waals surface area contributed by atoms with Crippen LogP contribution in [0.4, 0.5) is 4.39 Å². The number of fused-ring (bicyclic) bond motifs is 1. The molecule has 0 N–H and O–H groups in total. The van der Waals surface area contributed by atoms with Crippen LogP contribution in [0, 0.1) is 5.82 Å². The van der Waals surface area contributed by atoms with Crippen LogP contribution < -0.4 is 10.3 Å². The van der Waals surface area contributed by atoms with E-state index in [0.29, 0.717) is 33.4 Å². The van der Waals surface area contributed by atoms with Crippen LogP contribution >= 0.6 is 23.4 Å². The van der Waals surface area contributed by atoms with Crippen LogP contribution in [0.5, 0.6) is 5.75 Å². The minimum absolute atomic E-state index is 0.112. The third-order valence-electron chi connectivity index (χ3n) is 4.66. The molecule has 4 aromatic rings. The number of para-hydroxylation sites is 1. The van der Waals surface area contributed by atoms with Gasteiger partial charge in [-0.2, -0.15) is 0 Å². The summed E-state index contributed by atoms with van der Waals surface area (Å²) in [5, 5.41) is 1.77. The Bertz CT molecular complexity index is 1260. The average molecular weight is 441 g/mol. The Morgan fingerprint density at radius 2 is 1.80 bits per heavy atom. The molecule has 7 heteroatoms. The zero-order valence-electron chi connectivity index (χ0n) is 16.1. The average Bonchev–Trinajstić information content (AvgIpc) is 2.76. The largest absolute Gasteiger partial charge is 0.494 e. The number of hydrogen-bond acceptors (Lipinski definition) is 4. The third kappa shape index (κ3) is 4.35. The van der Waals surface area contributed by atoms with E-state index in [2.05, 4.69) is 0 Å². The zero-order valence-corrected chi connectivity index (χ0v) is 17.7. The number of methoxy groups -OCH3 is 1. The fourth-order valence-electron chi connectivity index (χ4n) is 3.12. The SMILES string of the molecule is COc1ccc(CSc2nc3ccccc3c(=O)n2Cc2ccc(Cl)cc2)cc1F. The Labute approximate surface area is 182 Å². The van der Waals surface area contributed by atoms with Crippen LogP contribution in [0.3, 0.4) is 0 Å². The molecule has 4 nitrogen and oxygen atoms in total. The summed E-state index contributed by atoms with van der Waals surface area (Å²) in [6, 6.07) is 19.5. The Balaban J connectivity index is 1.70. The van der Waals surface area contributed by atoms with Crippen molar-refractivity contribution in [1.82, 2.24) is 9.55 Å². The zero-order chi connectivity index (χ0) is 21.1. The van der Waals surface area contributed by atoms with Crippen LogP contribution in [0.25, 0.3) is 10.9 Å². The fourth-order valence-corrected chi connectivity index (χ4v) is 4.18. The molecule has 0 atom stereocenters. The summed E-state index contributed by atoms with van der Waals surface area (Å²) >= 11 is 7.37. The Hall–Kier alpha value is -2.83. The number of rotatable bonds is 6. The van der Waals surface area contributed by atoms with E-state index in [1.165, 1.54) is 24.9 Å². The van der Waals surface area contributed by atoms with Crippen molar-refractivity contribution >= 4 is 34.3 Å². The van der Waals surface area contributed by atoms with Gasteiger partial charge < -0.3 is 4.74 Å². The first-order valence-corrected chi connectivity index (χ1v) is 10.6. The number of thioether (sulfide) groups is 1. The molecule has 1 heterocycles. The number of aromatic nitrogens is 2. The molecular formula is C23H18ClFN2O2S. The molecule has 4 rings (SSSR count). The monoisotopic (exact) mass is 440 g/mol. The second kappa shape index (κ2) is 8.90. The molecule has 3 aromatic carbocycles. The molecule has 30 heavy (non-hydrogen) atoms. The van der Waals surface area contributed by atoms with Gasteiger partial charge in [-0.05, 0) is 47.5 Å². The van der Waals surface area contributed by atoms with Gasteiger partial charge in [0.05, 0.1) is 24.6 Å². The standard InChI is InChI=1S/C23H18ClFN2O2S/c1-29-21-11-8-16(12-19(21)25)14-30-23-26-20-5-3-2-4-18(20)22(28)27(23)13-15-6-9-17(24)10-7-15/h2-12H,13-14H2,1H3. The molecule has 0 fully saturated rings. The molecule has 0 bridgehead atoms. The summed E-state index contributed by atoms with van der Waals surface area (Å²) in [4.78, 5) is 17.9. The van der Waals surface area contributed by atoms with Crippen molar-refractivity contribution in [3.8, 4) is 5.75 Å². The molecule has 0 saturated heterocycles. The normalized spacial score (nSPS) is 11.0. The summed E-state index contributed by atoms with van der Waals surface area (Å²) < 4.78 is 20.7. The molecule has 0 spiro atoms. The fraction of sp³-hybridized carbons (Fsp3) is 0.130. The van der Waals surface area contributed by atoms with Crippen LogP contribution in [0.2, 0.25) is 5.02 Å². The summed E-state index contributed by atoms with van der Waals surface area (Å²) in [5.41, 5.74) is 2.24. The van der Waals surface area contributed by atoms with Crippen molar-refractivity contribution in [2.45, 2.75) is 17.5 Å². The van der Waals surface area contributed by atoms with Crippen molar-refractivity contribution in [3.63, 3.8) is 0 Å². The number of nitrogens with zero attached hydrogens (tertiary/aromatic N) is 2. The lowest BCUT2D eigenvalue weighted by Crippen LogP contribution is -2.24. The van der Waals surface area contributed by atoms with Gasteiger partial charge in [-0.25, -0.2) is 9.37 Å². The Morgan fingerprint density at radius 3 is 2.53 bits per heavy atom. The molecular weight excluding hydrogens is 423 g/mol. The van der Waals surface area contributed by atoms with Crippen LogP contribution in [-0.2, 0) is 12.3 Å². The highest BCUT2D eigenvalue weighted by molar-refractivity contribution is 7.98. The van der Waals surface area contributed by atoms with Crippen molar-refractivity contribution in [2.24, 2.45) is 0 Å². The first kappa shape index (κ1) is 20.4. The molecule has 0 unspecified atom stereocenters. The Morgan fingerprint density at radius 1 is 1.07 bits per heavy atom. The van der Waals surface area contributed by atoms with Gasteiger partial charge in [0, 0.05) is 10.8 Å². The van der Waals surface area contributed by atoms with Crippen LogP contribution in [-0.4, -0.2) is 16.7 Å². The topological polar surface area (TPSA) is 44.1 Å². The van der Waals surface area contributed by atoms with E-state index in [-0.39, 0.29) is 11.3 Å². The summed E-state index contributed by atoms with van der Waals surface area (Å²) in [5.74, 6) is 0.250. The number of ether oxygens (including phenoxy) is 1. The minimum Gasteiger partial charge on any atom is -0.494 e. The lowest BCUT2D eigenvalue weighted by molar-refractivity contribution is 0.386. The molecule has 0 saturated carbocycles. The van der Waals surface area contributed by atoms with Crippen molar-refractivity contribution in [1.29, 1.82) is 0 Å².